The van der Waals surface area contributed by atoms with E-state index < -0.39 is 29.2 Å². The molecule has 1 aliphatic carbocycles. The van der Waals surface area contributed by atoms with Gasteiger partial charge in [0.05, 0.1) is 23.2 Å². The molecule has 1 aliphatic heterocycles. The molecule has 3 rings (SSSR count). The lowest BCUT2D eigenvalue weighted by Gasteiger charge is -2.41. The topological polar surface area (TPSA) is 116 Å². The summed E-state index contributed by atoms with van der Waals surface area (Å²) < 4.78 is 9.63. The molecule has 1 aromatic rings. The normalized spacial score (nSPS) is 21.1. The highest BCUT2D eigenvalue weighted by Crippen LogP contribution is 2.36. The number of piperidine rings is 1. The molecule has 0 bridgehead atoms. The van der Waals surface area contributed by atoms with E-state index >= 15 is 0 Å². The Morgan fingerprint density at radius 1 is 1.07 bits per heavy atom. The molecular formula is C20H24N2O7. The molecule has 9 heteroatoms. The Bertz CT molecular complexity index is 823. The highest BCUT2D eigenvalue weighted by atomic mass is 16.6. The van der Waals surface area contributed by atoms with E-state index in [0.29, 0.717) is 24.9 Å². The Labute approximate surface area is 168 Å². The Kier molecular flexibility index (Phi) is 6.46. The number of likely N-dealkylation sites (tertiary alicyclic amines) is 1. The van der Waals surface area contributed by atoms with E-state index in [9.17, 15) is 24.5 Å². The molecule has 2 aliphatic rings. The van der Waals surface area contributed by atoms with E-state index in [1.54, 1.807) is 4.90 Å². The van der Waals surface area contributed by atoms with Crippen molar-refractivity contribution in [1.29, 1.82) is 0 Å². The van der Waals surface area contributed by atoms with Crippen LogP contribution in [0.5, 0.6) is 0 Å². The molecule has 1 saturated heterocycles. The fourth-order valence-electron chi connectivity index (χ4n) is 4.20. The van der Waals surface area contributed by atoms with Crippen LogP contribution in [0.15, 0.2) is 18.2 Å². The zero-order valence-electron chi connectivity index (χ0n) is 16.3. The number of esters is 2. The van der Waals surface area contributed by atoms with E-state index in [4.69, 9.17) is 4.74 Å². The predicted molar refractivity (Wildman–Crippen MR) is 101 cm³/mol. The maximum atomic E-state index is 12.5. The Hall–Kier alpha value is -2.97. The molecule has 2 fully saturated rings. The highest BCUT2D eigenvalue weighted by molar-refractivity contribution is 5.97. The molecule has 0 radical (unpaired) electrons. The summed E-state index contributed by atoms with van der Waals surface area (Å²) in [6.45, 7) is 0.900. The number of hydrogen-bond acceptors (Lipinski definition) is 7. The molecule has 1 heterocycles. The van der Waals surface area contributed by atoms with Gasteiger partial charge in [-0.25, -0.2) is 9.59 Å². The number of non-ortho nitro benzene ring substituents is 1. The quantitative estimate of drug-likeness (QED) is 0.421. The van der Waals surface area contributed by atoms with E-state index in [1.807, 2.05) is 0 Å². The Morgan fingerprint density at radius 3 is 2.38 bits per heavy atom. The number of amides is 1. The maximum Gasteiger partial charge on any atom is 0.338 e. The minimum atomic E-state index is -0.903. The van der Waals surface area contributed by atoms with Gasteiger partial charge in [-0.05, 0) is 30.7 Å². The number of carbonyl (C=O) groups is 3. The zero-order valence-corrected chi connectivity index (χ0v) is 16.3. The van der Waals surface area contributed by atoms with E-state index in [0.717, 1.165) is 38.2 Å². The zero-order chi connectivity index (χ0) is 21.0. The average Bonchev–Trinajstić information content (AvgIpc) is 2.75. The summed E-state index contributed by atoms with van der Waals surface area (Å²) in [7, 11) is 1.13. The van der Waals surface area contributed by atoms with Crippen LogP contribution in [0.3, 0.4) is 0 Å². The van der Waals surface area contributed by atoms with Gasteiger partial charge in [-0.3, -0.25) is 14.9 Å². The van der Waals surface area contributed by atoms with Crippen LogP contribution in [0.1, 0.15) is 52.8 Å². The van der Waals surface area contributed by atoms with Crippen molar-refractivity contribution in [2.45, 2.75) is 32.1 Å². The van der Waals surface area contributed by atoms with Crippen LogP contribution in [-0.4, -0.2) is 54.5 Å². The van der Waals surface area contributed by atoms with Crippen LogP contribution < -0.4 is 0 Å². The minimum absolute atomic E-state index is 0.139. The lowest BCUT2D eigenvalue weighted by atomic mass is 9.75. The molecule has 156 valence electrons. The van der Waals surface area contributed by atoms with Crippen molar-refractivity contribution in [3.63, 3.8) is 0 Å². The monoisotopic (exact) mass is 404 g/mol. The van der Waals surface area contributed by atoms with Gasteiger partial charge in [-0.2, -0.15) is 0 Å². The molecule has 0 N–H and O–H groups in total. The summed E-state index contributed by atoms with van der Waals surface area (Å²) in [5.74, 6) is -0.802. The van der Waals surface area contributed by atoms with Gasteiger partial charge in [-0.15, -0.1) is 0 Å². The van der Waals surface area contributed by atoms with Crippen molar-refractivity contribution in [1.82, 2.24) is 4.90 Å². The number of hydrogen-bond donors (Lipinski definition) is 0. The van der Waals surface area contributed by atoms with Crippen LogP contribution in [0.4, 0.5) is 5.69 Å². The van der Waals surface area contributed by atoms with E-state index in [2.05, 4.69) is 4.74 Å². The van der Waals surface area contributed by atoms with Crippen molar-refractivity contribution in [2.24, 2.45) is 11.8 Å². The third-order valence-corrected chi connectivity index (χ3v) is 5.76. The predicted octanol–water partition coefficient (Wildman–Crippen LogP) is 2.58. The van der Waals surface area contributed by atoms with Gasteiger partial charge in [0.15, 0.2) is 6.61 Å². The largest absolute Gasteiger partial charge is 0.465 e. The minimum Gasteiger partial charge on any atom is -0.465 e. The van der Waals surface area contributed by atoms with Gasteiger partial charge in [-0.1, -0.05) is 19.3 Å². The number of rotatable bonds is 5. The lowest BCUT2D eigenvalue weighted by Crippen LogP contribution is -2.46. The molecule has 0 aromatic heterocycles. The van der Waals surface area contributed by atoms with Crippen molar-refractivity contribution in [3.05, 3.63) is 39.4 Å². The van der Waals surface area contributed by atoms with Crippen molar-refractivity contribution in [3.8, 4) is 0 Å². The van der Waals surface area contributed by atoms with Gasteiger partial charge >= 0.3 is 11.9 Å². The maximum absolute atomic E-state index is 12.5. The smallest absolute Gasteiger partial charge is 0.338 e. The third-order valence-electron chi connectivity index (χ3n) is 5.76. The summed E-state index contributed by atoms with van der Waals surface area (Å²) in [6.07, 6.45) is 5.75. The number of carbonyl (C=O) groups excluding carboxylic acids is 3. The molecule has 0 spiro atoms. The highest BCUT2D eigenvalue weighted by Gasteiger charge is 2.33. The second kappa shape index (κ2) is 9.02. The van der Waals surface area contributed by atoms with Gasteiger partial charge < -0.3 is 14.4 Å². The Morgan fingerprint density at radius 2 is 1.72 bits per heavy atom. The summed E-state index contributed by atoms with van der Waals surface area (Å²) >= 11 is 0. The molecule has 0 unspecified atom stereocenters. The first-order chi connectivity index (χ1) is 13.9. The molecule has 9 nitrogen and oxygen atoms in total. The second-order valence-electron chi connectivity index (χ2n) is 7.53. The number of benzene rings is 1. The summed E-state index contributed by atoms with van der Waals surface area (Å²) in [5.41, 5.74) is -0.761. The average molecular weight is 404 g/mol. The standard InChI is InChI=1S/C20H24N2O7/c1-28-19(24)15-8-16(10-17(9-15)22(26)27)20(25)29-12-18(23)21-7-6-13-4-2-3-5-14(13)11-21/h8-10,13-14H,2-7,11-12H2,1H3/t13-,14+/m1/s1. The molecule has 1 amide bonds. The first kappa shape index (κ1) is 20.8. The number of nitro benzene ring substituents is 1. The second-order valence-corrected chi connectivity index (χ2v) is 7.53. The van der Waals surface area contributed by atoms with Gasteiger partial charge in [0, 0.05) is 25.2 Å². The van der Waals surface area contributed by atoms with Crippen LogP contribution in [0.2, 0.25) is 0 Å². The van der Waals surface area contributed by atoms with Crippen molar-refractivity contribution < 1.29 is 28.8 Å². The van der Waals surface area contributed by atoms with Crippen LogP contribution in [0.25, 0.3) is 0 Å². The van der Waals surface area contributed by atoms with Crippen molar-refractivity contribution >= 4 is 23.5 Å². The first-order valence-electron chi connectivity index (χ1n) is 9.71. The fraction of sp³-hybridized carbons (Fsp3) is 0.550. The third kappa shape index (κ3) is 4.90. The molecule has 1 aromatic carbocycles. The molecule has 1 saturated carbocycles. The van der Waals surface area contributed by atoms with Gasteiger partial charge in [0.2, 0.25) is 0 Å². The number of nitro groups is 1. The summed E-state index contributed by atoms with van der Waals surface area (Å²) in [6, 6.07) is 3.17. The summed E-state index contributed by atoms with van der Waals surface area (Å²) in [5, 5.41) is 11.1. The van der Waals surface area contributed by atoms with Crippen LogP contribution >= 0.6 is 0 Å². The van der Waals surface area contributed by atoms with E-state index in [-0.39, 0.29) is 17.0 Å². The van der Waals surface area contributed by atoms with Crippen LogP contribution in [-0.2, 0) is 14.3 Å². The Balaban J connectivity index is 1.62. The number of ether oxygens (including phenoxy) is 2. The molecule has 29 heavy (non-hydrogen) atoms. The molecule has 2 atom stereocenters. The summed E-state index contributed by atoms with van der Waals surface area (Å²) in [4.78, 5) is 48.6. The first-order valence-corrected chi connectivity index (χ1v) is 9.71. The van der Waals surface area contributed by atoms with Crippen molar-refractivity contribution in [2.75, 3.05) is 26.8 Å². The number of fused-ring (bicyclic) bond motifs is 1. The number of methoxy groups -OCH3 is 1. The lowest BCUT2D eigenvalue weighted by molar-refractivity contribution is -0.384. The van der Waals surface area contributed by atoms with E-state index in [1.165, 1.54) is 19.3 Å². The van der Waals surface area contributed by atoms with Gasteiger partial charge in [0.25, 0.3) is 11.6 Å². The SMILES string of the molecule is COC(=O)c1cc(C(=O)OCC(=O)N2CC[C@H]3CCCC[C@H]3C2)cc([N+](=O)[O-])c1. The molecular weight excluding hydrogens is 380 g/mol. The fourth-order valence-corrected chi connectivity index (χ4v) is 4.20. The van der Waals surface area contributed by atoms with Gasteiger partial charge in [0.1, 0.15) is 0 Å². The van der Waals surface area contributed by atoms with Crippen LogP contribution in [0, 0.1) is 22.0 Å². The number of nitrogens with zero attached hydrogens (tertiary/aromatic N) is 2.